The van der Waals surface area contributed by atoms with Crippen molar-refractivity contribution >= 4 is 29.4 Å². The van der Waals surface area contributed by atoms with Crippen molar-refractivity contribution in [3.05, 3.63) is 58.7 Å². The van der Waals surface area contributed by atoms with Crippen molar-refractivity contribution in [3.63, 3.8) is 0 Å². The number of nitrogens with two attached hydrogens (primary N) is 1. The van der Waals surface area contributed by atoms with Gasteiger partial charge in [-0.15, -0.1) is 21.5 Å². The average molecular weight is 294 g/mol. The Hall–Kier alpha value is -2.53. The first-order chi connectivity index (χ1) is 10.2. The van der Waals surface area contributed by atoms with Gasteiger partial charge < -0.3 is 5.73 Å². The van der Waals surface area contributed by atoms with Crippen LogP contribution in [0.5, 0.6) is 0 Å². The molecule has 0 radical (unpaired) electrons. The fourth-order valence-corrected chi connectivity index (χ4v) is 2.80. The van der Waals surface area contributed by atoms with Crippen LogP contribution in [0.2, 0.25) is 0 Å². The lowest BCUT2D eigenvalue weighted by Crippen LogP contribution is -2.01. The Kier molecular flexibility index (Phi) is 3.75. The second-order valence-electron chi connectivity index (χ2n) is 4.54. The van der Waals surface area contributed by atoms with E-state index in [9.17, 15) is 0 Å². The van der Waals surface area contributed by atoms with E-state index in [1.165, 1.54) is 10.4 Å². The van der Waals surface area contributed by atoms with Gasteiger partial charge >= 0.3 is 0 Å². The van der Waals surface area contributed by atoms with Crippen molar-refractivity contribution in [2.75, 3.05) is 5.73 Å². The Labute approximate surface area is 127 Å². The number of thiophene rings is 1. The molecule has 4 nitrogen and oxygen atoms in total. The van der Waals surface area contributed by atoms with Gasteiger partial charge in [0.15, 0.2) is 0 Å². The van der Waals surface area contributed by atoms with Crippen molar-refractivity contribution < 1.29 is 0 Å². The second-order valence-corrected chi connectivity index (χ2v) is 5.49. The van der Waals surface area contributed by atoms with E-state index in [-0.39, 0.29) is 5.95 Å². The highest BCUT2D eigenvalue weighted by Crippen LogP contribution is 2.29. The van der Waals surface area contributed by atoms with Crippen LogP contribution in [0.15, 0.2) is 41.8 Å². The number of hydrogen-bond acceptors (Lipinski definition) is 5. The van der Waals surface area contributed by atoms with Gasteiger partial charge in [0.2, 0.25) is 5.95 Å². The summed E-state index contributed by atoms with van der Waals surface area (Å²) in [5.41, 5.74) is 9.42. The number of anilines is 1. The molecule has 0 aliphatic carbocycles. The molecule has 0 aliphatic heterocycles. The topological polar surface area (TPSA) is 64.7 Å². The molecule has 0 saturated carbocycles. The smallest absolute Gasteiger partial charge is 0.240 e. The van der Waals surface area contributed by atoms with Crippen molar-refractivity contribution in [1.82, 2.24) is 15.2 Å². The molecule has 1 aromatic carbocycles. The van der Waals surface area contributed by atoms with Crippen molar-refractivity contribution in [1.29, 1.82) is 0 Å². The molecule has 3 rings (SSSR count). The third kappa shape index (κ3) is 2.98. The van der Waals surface area contributed by atoms with E-state index in [1.54, 1.807) is 11.3 Å². The van der Waals surface area contributed by atoms with Crippen LogP contribution in [0.25, 0.3) is 22.6 Å². The molecule has 0 amide bonds. The first-order valence-corrected chi connectivity index (χ1v) is 7.40. The molecule has 2 aromatic heterocycles. The molecular weight excluding hydrogens is 280 g/mol. The molecule has 0 aliphatic rings. The average Bonchev–Trinajstić information content (AvgIpc) is 3.03. The largest absolute Gasteiger partial charge is 0.366 e. The minimum atomic E-state index is 0.187. The van der Waals surface area contributed by atoms with E-state index in [0.717, 1.165) is 17.0 Å². The summed E-state index contributed by atoms with van der Waals surface area (Å²) in [7, 11) is 0. The van der Waals surface area contributed by atoms with E-state index >= 15 is 0 Å². The summed E-state index contributed by atoms with van der Waals surface area (Å²) in [5, 5.41) is 9.79. The lowest BCUT2D eigenvalue weighted by atomic mass is 10.1. The molecule has 3 aromatic rings. The number of rotatable bonds is 3. The molecule has 2 N–H and O–H groups in total. The minimum Gasteiger partial charge on any atom is -0.366 e. The monoisotopic (exact) mass is 294 g/mol. The Morgan fingerprint density at radius 1 is 1.05 bits per heavy atom. The quantitative estimate of drug-likeness (QED) is 0.800. The summed E-state index contributed by atoms with van der Waals surface area (Å²) in [6.07, 6.45) is 3.96. The number of hydrogen-bond donors (Lipinski definition) is 1. The number of benzene rings is 1. The zero-order valence-electron chi connectivity index (χ0n) is 11.5. The minimum absolute atomic E-state index is 0.187. The Morgan fingerprint density at radius 2 is 1.90 bits per heavy atom. The highest BCUT2D eigenvalue weighted by atomic mass is 32.1. The molecule has 5 heteroatoms. The third-order valence-corrected chi connectivity index (χ3v) is 3.98. The van der Waals surface area contributed by atoms with Crippen molar-refractivity contribution in [2.45, 2.75) is 6.92 Å². The zero-order valence-corrected chi connectivity index (χ0v) is 12.3. The Morgan fingerprint density at radius 3 is 2.71 bits per heavy atom. The zero-order chi connectivity index (χ0) is 14.7. The first-order valence-electron chi connectivity index (χ1n) is 6.52. The molecule has 0 unspecified atom stereocenters. The van der Waals surface area contributed by atoms with Gasteiger partial charge in [0.05, 0.1) is 11.4 Å². The molecule has 2 heterocycles. The Bertz CT molecular complexity index is 779. The van der Waals surface area contributed by atoms with E-state index in [1.807, 2.05) is 31.2 Å². The second kappa shape index (κ2) is 5.85. The van der Waals surface area contributed by atoms with Crippen LogP contribution in [0.1, 0.15) is 17.0 Å². The van der Waals surface area contributed by atoms with E-state index in [4.69, 9.17) is 5.73 Å². The fourth-order valence-electron chi connectivity index (χ4n) is 2.03. The van der Waals surface area contributed by atoms with Gasteiger partial charge in [0.25, 0.3) is 0 Å². The first kappa shape index (κ1) is 13.5. The van der Waals surface area contributed by atoms with Crippen LogP contribution in [-0.2, 0) is 0 Å². The standard InChI is InChI=1S/C16H14N4S/c1-11-14(18-16(17)20-19-11)9-8-12-5-2-3-6-13(12)15-7-4-10-21-15/h2-10H,1H3,(H2,17,18,20)/b9-8+. The SMILES string of the molecule is Cc1nnc(N)nc1/C=C/c1ccccc1-c1cccs1. The van der Waals surface area contributed by atoms with Gasteiger partial charge in [-0.25, -0.2) is 4.98 Å². The number of aryl methyl sites for hydroxylation is 1. The molecule has 21 heavy (non-hydrogen) atoms. The van der Waals surface area contributed by atoms with Gasteiger partial charge in [0, 0.05) is 4.88 Å². The van der Waals surface area contributed by atoms with Crippen LogP contribution >= 0.6 is 11.3 Å². The molecule has 0 bridgehead atoms. The summed E-state index contributed by atoms with van der Waals surface area (Å²) in [6, 6.07) is 12.4. The van der Waals surface area contributed by atoms with Crippen LogP contribution in [-0.4, -0.2) is 15.2 Å². The van der Waals surface area contributed by atoms with Gasteiger partial charge in [-0.2, -0.15) is 0 Å². The summed E-state index contributed by atoms with van der Waals surface area (Å²) in [4.78, 5) is 5.44. The molecule has 0 fully saturated rings. The maximum absolute atomic E-state index is 5.59. The normalized spacial score (nSPS) is 11.1. The molecule has 0 atom stereocenters. The number of nitrogen functional groups attached to an aromatic ring is 1. The maximum atomic E-state index is 5.59. The number of nitrogens with zero attached hydrogens (tertiary/aromatic N) is 3. The van der Waals surface area contributed by atoms with E-state index in [2.05, 4.69) is 44.8 Å². The molecule has 104 valence electrons. The predicted octanol–water partition coefficient (Wildman–Crippen LogP) is 3.66. The molecule has 0 saturated heterocycles. The Balaban J connectivity index is 1.99. The van der Waals surface area contributed by atoms with E-state index in [0.29, 0.717) is 0 Å². The number of aromatic nitrogens is 3. The predicted molar refractivity (Wildman–Crippen MR) is 87.7 cm³/mol. The van der Waals surface area contributed by atoms with Crippen molar-refractivity contribution in [3.8, 4) is 10.4 Å². The highest BCUT2D eigenvalue weighted by molar-refractivity contribution is 7.13. The van der Waals surface area contributed by atoms with Crippen LogP contribution < -0.4 is 5.73 Å². The van der Waals surface area contributed by atoms with Gasteiger partial charge in [-0.1, -0.05) is 36.4 Å². The third-order valence-electron chi connectivity index (χ3n) is 3.08. The van der Waals surface area contributed by atoms with Crippen LogP contribution in [0.4, 0.5) is 5.95 Å². The molecular formula is C16H14N4S. The van der Waals surface area contributed by atoms with Crippen LogP contribution in [0.3, 0.4) is 0 Å². The fraction of sp³-hybridized carbons (Fsp3) is 0.0625. The lowest BCUT2D eigenvalue weighted by molar-refractivity contribution is 0.932. The van der Waals surface area contributed by atoms with Gasteiger partial charge in [0.1, 0.15) is 0 Å². The summed E-state index contributed by atoms with van der Waals surface area (Å²) in [5.74, 6) is 0.187. The molecule has 0 spiro atoms. The summed E-state index contributed by atoms with van der Waals surface area (Å²) < 4.78 is 0. The van der Waals surface area contributed by atoms with Gasteiger partial charge in [-0.3, -0.25) is 0 Å². The highest BCUT2D eigenvalue weighted by Gasteiger charge is 2.04. The summed E-state index contributed by atoms with van der Waals surface area (Å²) in [6.45, 7) is 1.87. The van der Waals surface area contributed by atoms with Crippen LogP contribution in [0, 0.1) is 6.92 Å². The lowest BCUT2D eigenvalue weighted by Gasteiger charge is -2.03. The summed E-state index contributed by atoms with van der Waals surface area (Å²) >= 11 is 1.73. The van der Waals surface area contributed by atoms with E-state index < -0.39 is 0 Å². The maximum Gasteiger partial charge on any atom is 0.240 e. The van der Waals surface area contributed by atoms with Crippen molar-refractivity contribution in [2.24, 2.45) is 0 Å². The van der Waals surface area contributed by atoms with Gasteiger partial charge in [-0.05, 0) is 35.6 Å².